The molecule has 0 saturated carbocycles. The van der Waals surface area contributed by atoms with Crippen LogP contribution in [0.4, 0.5) is 5.69 Å². The van der Waals surface area contributed by atoms with Crippen molar-refractivity contribution in [3.8, 4) is 0 Å². The number of ketones is 1. The van der Waals surface area contributed by atoms with Gasteiger partial charge in [-0.05, 0) is 108 Å². The molecule has 1 heterocycles. The zero-order valence-corrected chi connectivity index (χ0v) is 20.7. The molecule has 1 fully saturated rings. The molecular weight excluding hydrogens is 444 g/mol. The summed E-state index contributed by atoms with van der Waals surface area (Å²) >= 11 is 0. The van der Waals surface area contributed by atoms with E-state index in [1.807, 2.05) is 24.3 Å². The first-order chi connectivity index (χ1) is 17.7. The fraction of sp³-hybridized carbons (Fsp3) is 0.312. The Hall–Kier alpha value is -3.50. The van der Waals surface area contributed by atoms with Gasteiger partial charge in [-0.15, -0.1) is 0 Å². The predicted molar refractivity (Wildman–Crippen MR) is 144 cm³/mol. The lowest BCUT2D eigenvalue weighted by molar-refractivity contribution is -0.117. The third-order valence-electron chi connectivity index (χ3n) is 7.91. The molecule has 2 aliphatic carbocycles. The normalized spacial score (nSPS) is 16.8. The van der Waals surface area contributed by atoms with Crippen LogP contribution in [0.1, 0.15) is 53.6 Å². The number of fused-ring (bicyclic) bond motifs is 4. The van der Waals surface area contributed by atoms with Crippen molar-refractivity contribution in [3.63, 3.8) is 0 Å². The molecule has 3 aliphatic rings. The summed E-state index contributed by atoms with van der Waals surface area (Å²) in [6.07, 6.45) is 9.64. The molecule has 182 valence electrons. The Morgan fingerprint density at radius 1 is 0.750 bits per heavy atom. The zero-order valence-electron chi connectivity index (χ0n) is 20.7. The van der Waals surface area contributed by atoms with Gasteiger partial charge < -0.3 is 5.32 Å². The van der Waals surface area contributed by atoms with E-state index >= 15 is 0 Å². The van der Waals surface area contributed by atoms with Crippen LogP contribution in [-0.2, 0) is 17.6 Å². The molecular formula is C32H32N2O2. The maximum Gasteiger partial charge on any atom is 0.238 e. The van der Waals surface area contributed by atoms with Crippen LogP contribution >= 0.6 is 0 Å². The van der Waals surface area contributed by atoms with E-state index in [0.29, 0.717) is 12.1 Å². The second-order valence-electron chi connectivity index (χ2n) is 10.2. The first kappa shape index (κ1) is 22.9. The molecule has 4 heteroatoms. The lowest BCUT2D eigenvalue weighted by Crippen LogP contribution is -2.36. The van der Waals surface area contributed by atoms with Crippen LogP contribution in [0.2, 0.25) is 0 Å². The summed E-state index contributed by atoms with van der Waals surface area (Å²) < 4.78 is 0. The summed E-state index contributed by atoms with van der Waals surface area (Å²) in [7, 11) is 0. The molecule has 36 heavy (non-hydrogen) atoms. The van der Waals surface area contributed by atoms with Gasteiger partial charge in [0.1, 0.15) is 0 Å². The molecule has 3 aromatic rings. The zero-order chi connectivity index (χ0) is 24.5. The summed E-state index contributed by atoms with van der Waals surface area (Å²) in [5.74, 6) is 0.108. The molecule has 1 saturated heterocycles. The first-order valence-electron chi connectivity index (χ1n) is 13.3. The van der Waals surface area contributed by atoms with Gasteiger partial charge in [0.2, 0.25) is 5.91 Å². The van der Waals surface area contributed by atoms with Gasteiger partial charge >= 0.3 is 0 Å². The van der Waals surface area contributed by atoms with Crippen molar-refractivity contribution in [2.45, 2.75) is 44.9 Å². The van der Waals surface area contributed by atoms with Gasteiger partial charge in [0.05, 0.1) is 6.54 Å². The highest BCUT2D eigenvalue weighted by atomic mass is 16.2. The summed E-state index contributed by atoms with van der Waals surface area (Å²) in [5, 5.41) is 8.01. The standard InChI is InChI=1S/C32H32N2O2/c35-31(21-34-19-4-1-5-20-34)33-24-14-11-23(12-15-24)32(36)30-10-6-9-26-28-16-13-22-7-2-3-8-25(22)27(28)17-18-29(26)30/h2-3,7-8,11-15,17-18H,1,4-6,9-10,16,19-21H2,(H,33,35). The number of hydrogen-bond donors (Lipinski definition) is 1. The van der Waals surface area contributed by atoms with Crippen molar-refractivity contribution in [2.24, 2.45) is 0 Å². The van der Waals surface area contributed by atoms with Gasteiger partial charge in [0, 0.05) is 16.8 Å². The van der Waals surface area contributed by atoms with Crippen LogP contribution in [0.25, 0.3) is 11.6 Å². The fourth-order valence-electron chi connectivity index (χ4n) is 6.09. The van der Waals surface area contributed by atoms with Gasteiger partial charge in [-0.3, -0.25) is 14.5 Å². The van der Waals surface area contributed by atoms with E-state index in [1.165, 1.54) is 46.0 Å². The minimum absolute atomic E-state index is 0.00899. The Balaban J connectivity index is 1.27. The summed E-state index contributed by atoms with van der Waals surface area (Å²) in [6, 6.07) is 20.3. The molecule has 1 N–H and O–H groups in total. The van der Waals surface area contributed by atoms with E-state index in [9.17, 15) is 9.59 Å². The molecule has 0 spiro atoms. The van der Waals surface area contributed by atoms with E-state index in [0.717, 1.165) is 55.3 Å². The van der Waals surface area contributed by atoms with E-state index in [2.05, 4.69) is 52.7 Å². The number of anilines is 1. The molecule has 0 radical (unpaired) electrons. The van der Waals surface area contributed by atoms with Crippen LogP contribution in [0.15, 0.2) is 60.7 Å². The molecule has 4 nitrogen and oxygen atoms in total. The van der Waals surface area contributed by atoms with Crippen LogP contribution in [0, 0.1) is 10.4 Å². The highest BCUT2D eigenvalue weighted by Gasteiger charge is 2.21. The molecule has 0 atom stereocenters. The molecule has 1 amide bonds. The Morgan fingerprint density at radius 3 is 2.36 bits per heavy atom. The van der Waals surface area contributed by atoms with E-state index in [1.54, 1.807) is 0 Å². The van der Waals surface area contributed by atoms with Crippen LogP contribution in [-0.4, -0.2) is 36.2 Å². The number of nitrogens with one attached hydrogen (secondary N) is 1. The van der Waals surface area contributed by atoms with Crippen molar-refractivity contribution in [3.05, 3.63) is 98.2 Å². The third-order valence-corrected chi connectivity index (χ3v) is 7.91. The average Bonchev–Trinajstić information content (AvgIpc) is 2.93. The number of benzene rings is 3. The van der Waals surface area contributed by atoms with Gasteiger partial charge in [0.25, 0.3) is 0 Å². The van der Waals surface area contributed by atoms with Gasteiger partial charge in [-0.1, -0.05) is 48.9 Å². The Kier molecular flexibility index (Phi) is 6.28. The largest absolute Gasteiger partial charge is 0.325 e. The summed E-state index contributed by atoms with van der Waals surface area (Å²) in [4.78, 5) is 28.2. The lowest BCUT2D eigenvalue weighted by Gasteiger charge is -2.25. The van der Waals surface area contributed by atoms with Gasteiger partial charge in [-0.2, -0.15) is 0 Å². The minimum atomic E-state index is 0.00899. The predicted octanol–water partition coefficient (Wildman–Crippen LogP) is 4.10. The second kappa shape index (κ2) is 9.87. The van der Waals surface area contributed by atoms with E-state index in [4.69, 9.17) is 0 Å². The maximum atomic E-state index is 13.6. The van der Waals surface area contributed by atoms with Crippen LogP contribution in [0.3, 0.4) is 0 Å². The second-order valence-corrected chi connectivity index (χ2v) is 10.2. The van der Waals surface area contributed by atoms with Crippen molar-refractivity contribution < 1.29 is 9.59 Å². The minimum Gasteiger partial charge on any atom is -0.325 e. The highest BCUT2D eigenvalue weighted by molar-refractivity contribution is 6.24. The van der Waals surface area contributed by atoms with Crippen molar-refractivity contribution in [1.82, 2.24) is 4.90 Å². The number of piperidine rings is 1. The number of amides is 1. The SMILES string of the molecule is O=C(CN1CCCCC1)Nc1ccc(C(=O)C2=c3ccc4c(c3CCC2)CC=c2ccccc2=4)cc1. The Morgan fingerprint density at radius 2 is 1.53 bits per heavy atom. The number of carbonyl (C=O) groups is 2. The molecule has 6 rings (SSSR count). The van der Waals surface area contributed by atoms with Crippen LogP contribution < -0.4 is 15.8 Å². The number of nitrogens with zero attached hydrogens (tertiary/aromatic N) is 1. The van der Waals surface area contributed by atoms with E-state index in [-0.39, 0.29) is 11.7 Å². The topological polar surface area (TPSA) is 49.4 Å². The number of carbonyl (C=O) groups excluding carboxylic acids is 2. The fourth-order valence-corrected chi connectivity index (χ4v) is 6.09. The van der Waals surface area contributed by atoms with E-state index < -0.39 is 0 Å². The molecule has 0 aromatic heterocycles. The number of likely N-dealkylation sites (tertiary alicyclic amines) is 1. The number of Topliss-reactive ketones (excluding diaryl/α,β-unsaturated/α-hetero) is 1. The van der Waals surface area contributed by atoms with Crippen molar-refractivity contribution in [2.75, 3.05) is 25.0 Å². The van der Waals surface area contributed by atoms with Crippen molar-refractivity contribution >= 4 is 29.0 Å². The smallest absolute Gasteiger partial charge is 0.238 e. The quantitative estimate of drug-likeness (QED) is 0.564. The molecule has 3 aromatic carbocycles. The lowest BCUT2D eigenvalue weighted by atomic mass is 9.84. The number of hydrogen-bond acceptors (Lipinski definition) is 3. The van der Waals surface area contributed by atoms with Gasteiger partial charge in [-0.25, -0.2) is 0 Å². The highest BCUT2D eigenvalue weighted by Crippen LogP contribution is 2.24. The Bertz CT molecular complexity index is 1550. The summed E-state index contributed by atoms with van der Waals surface area (Å²) in [5.41, 5.74) is 5.06. The number of rotatable bonds is 5. The summed E-state index contributed by atoms with van der Waals surface area (Å²) in [6.45, 7) is 2.42. The third kappa shape index (κ3) is 4.42. The van der Waals surface area contributed by atoms with Crippen molar-refractivity contribution in [1.29, 1.82) is 0 Å². The molecule has 1 aliphatic heterocycles. The van der Waals surface area contributed by atoms with Crippen LogP contribution in [0.5, 0.6) is 0 Å². The Labute approximate surface area is 211 Å². The first-order valence-corrected chi connectivity index (χ1v) is 13.3. The molecule has 0 unspecified atom stereocenters. The molecule has 0 bridgehead atoms. The van der Waals surface area contributed by atoms with Gasteiger partial charge in [0.15, 0.2) is 5.78 Å². The maximum absolute atomic E-state index is 13.6. The average molecular weight is 477 g/mol. The monoisotopic (exact) mass is 476 g/mol.